The maximum Gasteiger partial charge on any atom is 0.258 e. The van der Waals surface area contributed by atoms with Gasteiger partial charge in [-0.25, -0.2) is 0 Å². The van der Waals surface area contributed by atoms with E-state index in [4.69, 9.17) is 4.74 Å². The molecule has 1 fully saturated rings. The van der Waals surface area contributed by atoms with Gasteiger partial charge >= 0.3 is 0 Å². The van der Waals surface area contributed by atoms with Gasteiger partial charge in [-0.2, -0.15) is 0 Å². The van der Waals surface area contributed by atoms with Crippen molar-refractivity contribution in [3.8, 4) is 0 Å². The molecular weight excluding hydrogens is 286 g/mol. The summed E-state index contributed by atoms with van der Waals surface area (Å²) in [5, 5.41) is 0. The Kier molecular flexibility index (Phi) is 2.34. The van der Waals surface area contributed by atoms with Crippen molar-refractivity contribution in [1.29, 1.82) is 0 Å². The lowest BCUT2D eigenvalue weighted by Crippen LogP contribution is -2.31. The van der Waals surface area contributed by atoms with Crippen LogP contribution in [0.1, 0.15) is 47.7 Å². The molecule has 0 unspecified atom stereocenters. The minimum absolute atomic E-state index is 0.0743. The standard InChI is InChI=1S/C20H19NO2/c1-19-11-14-12-21(18(22)13-7-4-3-5-8-13)16-10-6-9-15(17(14)16)20(19,2)23-19/h3-10,14H,11-12H2,1-2H3/t14-,19-,20+/m0/s1. The van der Waals surface area contributed by atoms with E-state index in [-0.39, 0.29) is 17.1 Å². The first-order valence-corrected chi connectivity index (χ1v) is 8.24. The number of hydrogen-bond acceptors (Lipinski definition) is 2. The van der Waals surface area contributed by atoms with Crippen molar-refractivity contribution in [2.45, 2.75) is 37.4 Å². The van der Waals surface area contributed by atoms with Gasteiger partial charge in [-0.1, -0.05) is 30.3 Å². The highest BCUT2D eigenvalue weighted by Gasteiger charge is 2.69. The molecule has 2 aromatic rings. The topological polar surface area (TPSA) is 32.8 Å². The molecule has 1 aliphatic carbocycles. The second-order valence-corrected chi connectivity index (χ2v) is 7.29. The zero-order chi connectivity index (χ0) is 15.8. The molecule has 0 saturated carbocycles. The van der Waals surface area contributed by atoms with Gasteiger partial charge in [-0.05, 0) is 49.6 Å². The monoisotopic (exact) mass is 305 g/mol. The Morgan fingerprint density at radius 1 is 1.13 bits per heavy atom. The van der Waals surface area contributed by atoms with E-state index in [9.17, 15) is 4.79 Å². The molecule has 0 N–H and O–H groups in total. The molecular formula is C20H19NO2. The number of amides is 1. The first kappa shape index (κ1) is 13.3. The van der Waals surface area contributed by atoms with Crippen LogP contribution in [-0.4, -0.2) is 18.1 Å². The van der Waals surface area contributed by atoms with Crippen LogP contribution >= 0.6 is 0 Å². The Balaban J connectivity index is 1.62. The predicted octanol–water partition coefficient (Wildman–Crippen LogP) is 3.84. The third-order valence-electron chi connectivity index (χ3n) is 6.00. The first-order valence-electron chi connectivity index (χ1n) is 8.24. The average Bonchev–Trinajstić information content (AvgIpc) is 2.96. The van der Waals surface area contributed by atoms with Gasteiger partial charge in [0.05, 0.1) is 0 Å². The Labute approximate surface area is 135 Å². The van der Waals surface area contributed by atoms with Gasteiger partial charge < -0.3 is 9.64 Å². The summed E-state index contributed by atoms with van der Waals surface area (Å²) in [5.41, 5.74) is 4.17. The number of carbonyl (C=O) groups excluding carboxylic acids is 1. The summed E-state index contributed by atoms with van der Waals surface area (Å²) in [6, 6.07) is 15.9. The Hall–Kier alpha value is -2.13. The van der Waals surface area contributed by atoms with Gasteiger partial charge in [-0.15, -0.1) is 0 Å². The van der Waals surface area contributed by atoms with Crippen molar-refractivity contribution in [2.75, 3.05) is 11.4 Å². The van der Waals surface area contributed by atoms with Crippen LogP contribution in [0.5, 0.6) is 0 Å². The van der Waals surface area contributed by atoms with E-state index < -0.39 is 0 Å². The summed E-state index contributed by atoms with van der Waals surface area (Å²) in [4.78, 5) is 14.9. The molecule has 3 atom stereocenters. The van der Waals surface area contributed by atoms with E-state index in [0.29, 0.717) is 5.92 Å². The highest BCUT2D eigenvalue weighted by Crippen LogP contribution is 2.66. The molecule has 3 nitrogen and oxygen atoms in total. The fraction of sp³-hybridized carbons (Fsp3) is 0.350. The Morgan fingerprint density at radius 2 is 1.91 bits per heavy atom. The van der Waals surface area contributed by atoms with Crippen LogP contribution in [0.2, 0.25) is 0 Å². The number of rotatable bonds is 1. The lowest BCUT2D eigenvalue weighted by Gasteiger charge is -2.26. The smallest absolute Gasteiger partial charge is 0.258 e. The number of ether oxygens (including phenoxy) is 1. The number of fused-ring (bicyclic) bond motifs is 2. The van der Waals surface area contributed by atoms with Crippen LogP contribution in [0.3, 0.4) is 0 Å². The maximum atomic E-state index is 12.9. The molecule has 3 heteroatoms. The lowest BCUT2D eigenvalue weighted by atomic mass is 9.72. The molecule has 2 aromatic carbocycles. The number of carbonyl (C=O) groups is 1. The normalized spacial score (nSPS) is 33.1. The van der Waals surface area contributed by atoms with Crippen molar-refractivity contribution in [2.24, 2.45) is 0 Å². The molecule has 1 saturated heterocycles. The van der Waals surface area contributed by atoms with Gasteiger partial charge in [0.15, 0.2) is 0 Å². The van der Waals surface area contributed by atoms with Gasteiger partial charge in [0, 0.05) is 23.7 Å². The van der Waals surface area contributed by atoms with Crippen molar-refractivity contribution in [3.63, 3.8) is 0 Å². The molecule has 0 spiro atoms. The molecule has 0 aromatic heterocycles. The lowest BCUT2D eigenvalue weighted by molar-refractivity contribution is 0.0987. The van der Waals surface area contributed by atoms with Gasteiger partial charge in [0.1, 0.15) is 11.2 Å². The van der Waals surface area contributed by atoms with Crippen LogP contribution in [0, 0.1) is 0 Å². The Morgan fingerprint density at radius 3 is 2.70 bits per heavy atom. The fourth-order valence-corrected chi connectivity index (χ4v) is 4.61. The van der Waals surface area contributed by atoms with E-state index in [1.807, 2.05) is 35.2 Å². The third-order valence-corrected chi connectivity index (χ3v) is 6.00. The summed E-state index contributed by atoms with van der Waals surface area (Å²) in [6.45, 7) is 5.14. The molecule has 1 amide bonds. The van der Waals surface area contributed by atoms with Crippen LogP contribution in [0.15, 0.2) is 48.5 Å². The Bertz CT molecular complexity index is 831. The maximum absolute atomic E-state index is 12.9. The van der Waals surface area contributed by atoms with Gasteiger partial charge in [0.2, 0.25) is 0 Å². The molecule has 2 aliphatic heterocycles. The van der Waals surface area contributed by atoms with Crippen LogP contribution in [0.4, 0.5) is 5.69 Å². The highest BCUT2D eigenvalue weighted by atomic mass is 16.6. The molecule has 2 heterocycles. The highest BCUT2D eigenvalue weighted by molar-refractivity contribution is 6.07. The number of hydrogen-bond donors (Lipinski definition) is 0. The van der Waals surface area contributed by atoms with Crippen molar-refractivity contribution in [1.82, 2.24) is 0 Å². The van der Waals surface area contributed by atoms with E-state index in [0.717, 1.165) is 24.2 Å². The van der Waals surface area contributed by atoms with Gasteiger partial charge in [-0.3, -0.25) is 4.79 Å². The second-order valence-electron chi connectivity index (χ2n) is 7.29. The van der Waals surface area contributed by atoms with Crippen LogP contribution < -0.4 is 4.90 Å². The predicted molar refractivity (Wildman–Crippen MR) is 88.8 cm³/mol. The van der Waals surface area contributed by atoms with Crippen LogP contribution in [-0.2, 0) is 10.3 Å². The van der Waals surface area contributed by atoms with Gasteiger partial charge in [0.25, 0.3) is 5.91 Å². The summed E-state index contributed by atoms with van der Waals surface area (Å²) in [5.74, 6) is 0.479. The zero-order valence-corrected chi connectivity index (χ0v) is 13.4. The number of anilines is 1. The van der Waals surface area contributed by atoms with E-state index >= 15 is 0 Å². The largest absolute Gasteiger partial charge is 0.358 e. The summed E-state index contributed by atoms with van der Waals surface area (Å²) in [6.07, 6.45) is 0.992. The van der Waals surface area contributed by atoms with Crippen LogP contribution in [0.25, 0.3) is 0 Å². The number of benzene rings is 2. The minimum Gasteiger partial charge on any atom is -0.358 e. The van der Waals surface area contributed by atoms with Crippen molar-refractivity contribution in [3.05, 3.63) is 65.2 Å². The summed E-state index contributed by atoms with van der Waals surface area (Å²) < 4.78 is 6.12. The molecule has 0 bridgehead atoms. The molecule has 3 aliphatic rings. The zero-order valence-electron chi connectivity index (χ0n) is 13.4. The summed E-state index contributed by atoms with van der Waals surface area (Å²) in [7, 11) is 0. The number of nitrogens with zero attached hydrogens (tertiary/aromatic N) is 1. The van der Waals surface area contributed by atoms with Crippen molar-refractivity contribution < 1.29 is 9.53 Å². The fourth-order valence-electron chi connectivity index (χ4n) is 4.61. The second kappa shape index (κ2) is 4.04. The quantitative estimate of drug-likeness (QED) is 0.750. The van der Waals surface area contributed by atoms with E-state index in [1.165, 1.54) is 11.1 Å². The molecule has 116 valence electrons. The third kappa shape index (κ3) is 1.56. The number of epoxide rings is 1. The SMILES string of the molecule is C[C@]12C[C@H]3CN(C(=O)c4ccccc4)c4cccc(c43)[C@@]1(C)O2. The van der Waals surface area contributed by atoms with E-state index in [1.54, 1.807) is 0 Å². The molecule has 5 rings (SSSR count). The van der Waals surface area contributed by atoms with Crippen molar-refractivity contribution >= 4 is 11.6 Å². The summed E-state index contributed by atoms with van der Waals surface area (Å²) >= 11 is 0. The average molecular weight is 305 g/mol. The molecule has 23 heavy (non-hydrogen) atoms. The first-order chi connectivity index (χ1) is 11.0. The minimum atomic E-state index is -0.180. The van der Waals surface area contributed by atoms with E-state index in [2.05, 4.69) is 32.0 Å². The molecule has 0 radical (unpaired) electrons.